The minimum atomic E-state index is -1.07. The maximum atomic E-state index is 11.3. The Morgan fingerprint density at radius 2 is 1.81 bits per heavy atom. The van der Waals surface area contributed by atoms with Crippen molar-refractivity contribution in [1.82, 2.24) is 0 Å². The van der Waals surface area contributed by atoms with Crippen LogP contribution in [-0.4, -0.2) is 5.11 Å². The Kier molecular flexibility index (Phi) is 3.56. The van der Waals surface area contributed by atoms with Gasteiger partial charge >= 0.3 is 0 Å². The van der Waals surface area contributed by atoms with Crippen molar-refractivity contribution in [1.29, 1.82) is 0 Å². The Hall–Kier alpha value is -2.06. The van der Waals surface area contributed by atoms with Crippen molar-refractivity contribution in [2.45, 2.75) is 32.3 Å². The lowest BCUT2D eigenvalue weighted by atomic mass is 9.87. The molecule has 0 saturated heterocycles. The number of furan rings is 1. The first-order valence-electron chi connectivity index (χ1n) is 7.42. The van der Waals surface area contributed by atoms with Gasteiger partial charge in [-0.05, 0) is 30.5 Å². The van der Waals surface area contributed by atoms with Crippen LogP contribution in [-0.2, 0) is 5.60 Å². The van der Waals surface area contributed by atoms with E-state index in [9.17, 15) is 5.11 Å². The lowest BCUT2D eigenvalue weighted by Gasteiger charge is -2.26. The maximum Gasteiger partial charge on any atom is 0.147 e. The molecule has 1 aromatic heterocycles. The Bertz CT molecular complexity index is 743. The summed E-state index contributed by atoms with van der Waals surface area (Å²) in [6.45, 7) is 4.10. The van der Waals surface area contributed by atoms with E-state index in [-0.39, 0.29) is 0 Å². The number of aliphatic hydroxyl groups is 1. The Morgan fingerprint density at radius 1 is 1.05 bits per heavy atom. The lowest BCUT2D eigenvalue weighted by molar-refractivity contribution is 0.0485. The summed E-state index contributed by atoms with van der Waals surface area (Å²) >= 11 is 0. The van der Waals surface area contributed by atoms with Crippen LogP contribution >= 0.6 is 0 Å². The van der Waals surface area contributed by atoms with Crippen molar-refractivity contribution in [2.75, 3.05) is 0 Å². The van der Waals surface area contributed by atoms with Crippen molar-refractivity contribution in [3.05, 3.63) is 71.5 Å². The van der Waals surface area contributed by atoms with Crippen LogP contribution in [0.5, 0.6) is 0 Å². The second-order valence-electron chi connectivity index (χ2n) is 5.58. The molecule has 2 heteroatoms. The molecule has 0 spiro atoms. The third kappa shape index (κ3) is 2.36. The lowest BCUT2D eigenvalue weighted by Crippen LogP contribution is -2.26. The van der Waals surface area contributed by atoms with Crippen LogP contribution in [0.1, 0.15) is 36.7 Å². The summed E-state index contributed by atoms with van der Waals surface area (Å²) < 4.78 is 6.02. The second kappa shape index (κ2) is 5.38. The monoisotopic (exact) mass is 280 g/mol. The SMILES string of the molecule is CCCC(O)(c1ccccc1)c1cc2cccc(C)c2o1. The summed E-state index contributed by atoms with van der Waals surface area (Å²) in [5, 5.41) is 12.3. The molecule has 0 bridgehead atoms. The van der Waals surface area contributed by atoms with Crippen LogP contribution in [0, 0.1) is 6.92 Å². The zero-order valence-electron chi connectivity index (χ0n) is 12.5. The average Bonchev–Trinajstić information content (AvgIpc) is 2.94. The summed E-state index contributed by atoms with van der Waals surface area (Å²) in [6, 6.07) is 17.8. The van der Waals surface area contributed by atoms with E-state index >= 15 is 0 Å². The van der Waals surface area contributed by atoms with Gasteiger partial charge in [-0.3, -0.25) is 0 Å². The number of fused-ring (bicyclic) bond motifs is 1. The van der Waals surface area contributed by atoms with E-state index < -0.39 is 5.60 Å². The fraction of sp³-hybridized carbons (Fsp3) is 0.263. The largest absolute Gasteiger partial charge is 0.457 e. The third-order valence-corrected chi connectivity index (χ3v) is 4.01. The molecule has 1 atom stereocenters. The normalized spacial score (nSPS) is 14.2. The summed E-state index contributed by atoms with van der Waals surface area (Å²) in [4.78, 5) is 0. The van der Waals surface area contributed by atoms with Crippen LogP contribution in [0.2, 0.25) is 0 Å². The molecule has 0 aliphatic rings. The van der Waals surface area contributed by atoms with E-state index in [0.717, 1.165) is 28.5 Å². The minimum absolute atomic E-state index is 0.625. The third-order valence-electron chi connectivity index (χ3n) is 4.01. The molecule has 0 amide bonds. The van der Waals surface area contributed by atoms with Crippen molar-refractivity contribution in [3.8, 4) is 0 Å². The minimum Gasteiger partial charge on any atom is -0.457 e. The van der Waals surface area contributed by atoms with Crippen molar-refractivity contribution < 1.29 is 9.52 Å². The summed E-state index contributed by atoms with van der Waals surface area (Å²) in [5.74, 6) is 0.625. The molecule has 0 fully saturated rings. The number of rotatable bonds is 4. The van der Waals surface area contributed by atoms with Gasteiger partial charge in [0.25, 0.3) is 0 Å². The van der Waals surface area contributed by atoms with Gasteiger partial charge in [-0.25, -0.2) is 0 Å². The van der Waals surface area contributed by atoms with Crippen molar-refractivity contribution in [2.24, 2.45) is 0 Å². The van der Waals surface area contributed by atoms with E-state index in [2.05, 4.69) is 6.92 Å². The van der Waals surface area contributed by atoms with Crippen LogP contribution < -0.4 is 0 Å². The van der Waals surface area contributed by atoms with Crippen molar-refractivity contribution >= 4 is 11.0 Å². The molecular weight excluding hydrogens is 260 g/mol. The number of hydrogen-bond acceptors (Lipinski definition) is 2. The number of benzene rings is 2. The first-order chi connectivity index (χ1) is 10.1. The van der Waals surface area contributed by atoms with Gasteiger partial charge < -0.3 is 9.52 Å². The van der Waals surface area contributed by atoms with Crippen LogP contribution in [0.4, 0.5) is 0 Å². The predicted molar refractivity (Wildman–Crippen MR) is 85.3 cm³/mol. The maximum absolute atomic E-state index is 11.3. The molecule has 3 rings (SSSR count). The smallest absolute Gasteiger partial charge is 0.147 e. The molecular formula is C19H20O2. The quantitative estimate of drug-likeness (QED) is 0.746. The average molecular weight is 280 g/mol. The number of para-hydroxylation sites is 1. The van der Waals surface area contributed by atoms with Gasteiger partial charge in [0.1, 0.15) is 16.9 Å². The Labute approximate surface area is 125 Å². The molecule has 0 saturated carbocycles. The topological polar surface area (TPSA) is 33.4 Å². The Morgan fingerprint density at radius 3 is 2.48 bits per heavy atom. The highest BCUT2D eigenvalue weighted by atomic mass is 16.4. The highest BCUT2D eigenvalue weighted by Crippen LogP contribution is 2.37. The first-order valence-corrected chi connectivity index (χ1v) is 7.42. The first kappa shape index (κ1) is 13.9. The standard InChI is InChI=1S/C19H20O2/c1-3-12-19(20,16-10-5-4-6-11-16)17-13-15-9-7-8-14(2)18(15)21-17/h4-11,13,20H,3,12H2,1-2H3. The molecule has 2 nitrogen and oxygen atoms in total. The van der Waals surface area contributed by atoms with E-state index in [1.165, 1.54) is 0 Å². The molecule has 1 unspecified atom stereocenters. The fourth-order valence-electron chi connectivity index (χ4n) is 2.90. The number of aryl methyl sites for hydroxylation is 1. The summed E-state index contributed by atoms with van der Waals surface area (Å²) in [6.07, 6.45) is 1.51. The summed E-state index contributed by atoms with van der Waals surface area (Å²) in [7, 11) is 0. The molecule has 0 radical (unpaired) electrons. The molecule has 1 N–H and O–H groups in total. The second-order valence-corrected chi connectivity index (χ2v) is 5.58. The zero-order chi connectivity index (χ0) is 14.9. The molecule has 1 heterocycles. The van der Waals surface area contributed by atoms with Crippen molar-refractivity contribution in [3.63, 3.8) is 0 Å². The van der Waals surface area contributed by atoms with E-state index in [1.54, 1.807) is 0 Å². The van der Waals surface area contributed by atoms with Gasteiger partial charge in [-0.2, -0.15) is 0 Å². The molecule has 21 heavy (non-hydrogen) atoms. The molecule has 2 aromatic carbocycles. The van der Waals surface area contributed by atoms with Gasteiger partial charge in [0, 0.05) is 5.39 Å². The van der Waals surface area contributed by atoms with Crippen LogP contribution in [0.25, 0.3) is 11.0 Å². The van der Waals surface area contributed by atoms with E-state index in [4.69, 9.17) is 4.42 Å². The molecule has 3 aromatic rings. The summed E-state index contributed by atoms with van der Waals surface area (Å²) in [5.41, 5.74) is 1.76. The van der Waals surface area contributed by atoms with Gasteiger partial charge in [0.05, 0.1) is 0 Å². The Balaban J connectivity index is 2.18. The van der Waals surface area contributed by atoms with Crippen LogP contribution in [0.3, 0.4) is 0 Å². The molecule has 108 valence electrons. The highest BCUT2D eigenvalue weighted by molar-refractivity contribution is 5.81. The van der Waals surface area contributed by atoms with E-state index in [0.29, 0.717) is 12.2 Å². The highest BCUT2D eigenvalue weighted by Gasteiger charge is 2.34. The van der Waals surface area contributed by atoms with Gasteiger partial charge in [-0.15, -0.1) is 0 Å². The molecule has 0 aliphatic carbocycles. The fourth-order valence-corrected chi connectivity index (χ4v) is 2.90. The predicted octanol–water partition coefficient (Wildman–Crippen LogP) is 4.78. The molecule has 0 aliphatic heterocycles. The van der Waals surface area contributed by atoms with Gasteiger partial charge in [0.15, 0.2) is 0 Å². The van der Waals surface area contributed by atoms with Crippen LogP contribution in [0.15, 0.2) is 59.0 Å². The van der Waals surface area contributed by atoms with Gasteiger partial charge in [-0.1, -0.05) is 61.9 Å². The van der Waals surface area contributed by atoms with E-state index in [1.807, 2.05) is 61.5 Å². The van der Waals surface area contributed by atoms with Gasteiger partial charge in [0.2, 0.25) is 0 Å². The number of hydrogen-bond donors (Lipinski definition) is 1. The zero-order valence-corrected chi connectivity index (χ0v) is 12.5.